The molecular weight excluding hydrogens is 538 g/mol. The molecule has 2 unspecified atom stereocenters. The highest BCUT2D eigenvalue weighted by atomic mass is 16.6. The number of carbonyl (C=O) groups is 4. The normalized spacial score (nSPS) is 18.1. The van der Waals surface area contributed by atoms with E-state index >= 15 is 0 Å². The van der Waals surface area contributed by atoms with Gasteiger partial charge in [-0.15, -0.1) is 0 Å². The summed E-state index contributed by atoms with van der Waals surface area (Å²) in [5, 5.41) is 9.60. The topological polar surface area (TPSA) is 117 Å². The quantitative estimate of drug-likeness (QED) is 0.484. The van der Waals surface area contributed by atoms with Gasteiger partial charge in [0.25, 0.3) is 0 Å². The van der Waals surface area contributed by atoms with Gasteiger partial charge in [0, 0.05) is 33.1 Å². The Bertz CT molecular complexity index is 1270. The largest absolute Gasteiger partial charge is 0.481 e. The number of carbonyl (C=O) groups excluding carboxylic acids is 3. The van der Waals surface area contributed by atoms with Crippen molar-refractivity contribution in [2.24, 2.45) is 5.92 Å². The molecule has 2 fully saturated rings. The average Bonchev–Trinajstić information content (AvgIpc) is 3.65. The molecule has 0 spiro atoms. The van der Waals surface area contributed by atoms with Gasteiger partial charge in [-0.1, -0.05) is 61.4 Å². The number of nitrogens with zero attached hydrogens (tertiary/aromatic N) is 3. The van der Waals surface area contributed by atoms with E-state index < -0.39 is 42.4 Å². The lowest BCUT2D eigenvalue weighted by atomic mass is 9.95. The van der Waals surface area contributed by atoms with Gasteiger partial charge in [-0.3, -0.25) is 19.3 Å². The number of likely N-dealkylation sites (N-methyl/N-ethyl adjacent to an activating group) is 2. The van der Waals surface area contributed by atoms with Crippen molar-refractivity contribution in [3.05, 3.63) is 59.7 Å². The molecule has 224 valence electrons. The van der Waals surface area contributed by atoms with Crippen LogP contribution < -0.4 is 0 Å². The Kier molecular flexibility index (Phi) is 9.11. The van der Waals surface area contributed by atoms with Crippen LogP contribution in [0.15, 0.2) is 48.5 Å². The lowest BCUT2D eigenvalue weighted by molar-refractivity contribution is -0.154. The molecule has 0 aromatic heterocycles. The number of morpholine rings is 1. The van der Waals surface area contributed by atoms with Crippen LogP contribution in [0.2, 0.25) is 0 Å². The van der Waals surface area contributed by atoms with E-state index in [0.717, 1.165) is 47.9 Å². The van der Waals surface area contributed by atoms with Gasteiger partial charge in [-0.2, -0.15) is 0 Å². The van der Waals surface area contributed by atoms with E-state index in [9.17, 15) is 24.3 Å². The predicted octanol–water partition coefficient (Wildman–Crippen LogP) is 3.59. The lowest BCUT2D eigenvalue weighted by Gasteiger charge is -2.38. The lowest BCUT2D eigenvalue weighted by Crippen LogP contribution is -2.58. The average molecular weight is 578 g/mol. The molecule has 1 saturated heterocycles. The highest BCUT2D eigenvalue weighted by molar-refractivity contribution is 5.93. The van der Waals surface area contributed by atoms with E-state index in [0.29, 0.717) is 26.3 Å². The molecule has 1 heterocycles. The summed E-state index contributed by atoms with van der Waals surface area (Å²) in [7, 11) is 3.02. The third kappa shape index (κ3) is 5.99. The number of hydrogen-bond donors (Lipinski definition) is 1. The first-order valence-electron chi connectivity index (χ1n) is 14.7. The third-order valence-electron chi connectivity index (χ3n) is 8.93. The molecule has 10 heteroatoms. The fraction of sp³-hybridized carbons (Fsp3) is 0.500. The van der Waals surface area contributed by atoms with Gasteiger partial charge in [-0.25, -0.2) is 4.79 Å². The highest BCUT2D eigenvalue weighted by Gasteiger charge is 2.42. The number of aliphatic carboxylic acids is 1. The van der Waals surface area contributed by atoms with Crippen molar-refractivity contribution < 1.29 is 33.8 Å². The summed E-state index contributed by atoms with van der Waals surface area (Å²) in [6, 6.07) is 14.1. The molecular formula is C32H39N3O7. The number of amides is 3. The predicted molar refractivity (Wildman–Crippen MR) is 155 cm³/mol. The minimum absolute atomic E-state index is 0.116. The number of hydrogen-bond acceptors (Lipinski definition) is 6. The standard InChI is InChI=1S/C32H39N3O7/c1-33(27(19-28(36)37)30(38)35-15-17-41-18-16-35)31(39)29(21-9-3-4-10-21)34(2)32(40)42-20-26-24-13-7-5-11-22(24)23-12-6-8-14-25(23)26/h5-8,11-14,21,26-27,29H,3-4,9-10,15-20H2,1-2H3,(H,36,37). The second kappa shape index (κ2) is 12.9. The van der Waals surface area contributed by atoms with E-state index in [-0.39, 0.29) is 18.4 Å². The van der Waals surface area contributed by atoms with Gasteiger partial charge in [0.2, 0.25) is 11.8 Å². The molecule has 2 aromatic rings. The maximum Gasteiger partial charge on any atom is 0.410 e. The maximum atomic E-state index is 14.1. The Morgan fingerprint density at radius 3 is 2.07 bits per heavy atom. The molecule has 5 rings (SSSR count). The number of carboxylic acid groups (broad SMARTS) is 1. The highest BCUT2D eigenvalue weighted by Crippen LogP contribution is 2.44. The first-order chi connectivity index (χ1) is 20.3. The van der Waals surface area contributed by atoms with Crippen molar-refractivity contribution in [3.8, 4) is 11.1 Å². The van der Waals surface area contributed by atoms with E-state index in [1.165, 1.54) is 16.8 Å². The molecule has 2 aliphatic carbocycles. The second-order valence-corrected chi connectivity index (χ2v) is 11.4. The van der Waals surface area contributed by atoms with Crippen LogP contribution in [0.1, 0.15) is 49.1 Å². The second-order valence-electron chi connectivity index (χ2n) is 11.4. The number of carboxylic acids is 1. The van der Waals surface area contributed by atoms with Crippen molar-refractivity contribution in [2.75, 3.05) is 47.0 Å². The van der Waals surface area contributed by atoms with Crippen molar-refractivity contribution in [1.29, 1.82) is 0 Å². The van der Waals surface area contributed by atoms with E-state index in [2.05, 4.69) is 12.1 Å². The molecule has 2 atom stereocenters. The van der Waals surface area contributed by atoms with E-state index in [4.69, 9.17) is 9.47 Å². The summed E-state index contributed by atoms with van der Waals surface area (Å²) in [6.45, 7) is 1.51. The van der Waals surface area contributed by atoms with Crippen molar-refractivity contribution in [2.45, 2.75) is 50.1 Å². The van der Waals surface area contributed by atoms with Crippen LogP contribution in [-0.4, -0.2) is 103 Å². The molecule has 1 aliphatic heterocycles. The molecule has 1 saturated carbocycles. The Morgan fingerprint density at radius 2 is 1.50 bits per heavy atom. The molecule has 3 aliphatic rings. The van der Waals surface area contributed by atoms with Crippen LogP contribution in [0.4, 0.5) is 4.79 Å². The number of rotatable bonds is 9. The number of benzene rings is 2. The Morgan fingerprint density at radius 1 is 0.929 bits per heavy atom. The number of fused-ring (bicyclic) bond motifs is 3. The molecule has 42 heavy (non-hydrogen) atoms. The smallest absolute Gasteiger partial charge is 0.410 e. The summed E-state index contributed by atoms with van der Waals surface area (Å²) in [6.07, 6.45) is 2.23. The van der Waals surface area contributed by atoms with Crippen LogP contribution in [0.25, 0.3) is 11.1 Å². The summed E-state index contributed by atoms with van der Waals surface area (Å²) in [5.41, 5.74) is 4.43. The molecule has 1 N–H and O–H groups in total. The zero-order valence-corrected chi connectivity index (χ0v) is 24.2. The summed E-state index contributed by atoms with van der Waals surface area (Å²) in [4.78, 5) is 56.8. The van der Waals surface area contributed by atoms with Gasteiger partial charge >= 0.3 is 12.1 Å². The molecule has 0 radical (unpaired) electrons. The molecule has 2 aromatic carbocycles. The zero-order chi connectivity index (χ0) is 29.8. The van der Waals surface area contributed by atoms with Crippen LogP contribution in [0.5, 0.6) is 0 Å². The van der Waals surface area contributed by atoms with Gasteiger partial charge < -0.3 is 24.4 Å². The van der Waals surface area contributed by atoms with Gasteiger partial charge in [-0.05, 0) is 41.0 Å². The van der Waals surface area contributed by atoms with Gasteiger partial charge in [0.05, 0.1) is 19.6 Å². The zero-order valence-electron chi connectivity index (χ0n) is 24.2. The van der Waals surface area contributed by atoms with Crippen molar-refractivity contribution in [3.63, 3.8) is 0 Å². The fourth-order valence-electron chi connectivity index (χ4n) is 6.68. The number of ether oxygens (including phenoxy) is 2. The van der Waals surface area contributed by atoms with E-state index in [1.807, 2.05) is 36.4 Å². The Labute approximate surface area is 246 Å². The van der Waals surface area contributed by atoms with Crippen molar-refractivity contribution >= 4 is 23.9 Å². The monoisotopic (exact) mass is 577 g/mol. The van der Waals surface area contributed by atoms with Gasteiger partial charge in [0.1, 0.15) is 18.7 Å². The van der Waals surface area contributed by atoms with Gasteiger partial charge in [0.15, 0.2) is 0 Å². The van der Waals surface area contributed by atoms with Crippen LogP contribution >= 0.6 is 0 Å². The first kappa shape index (κ1) is 29.6. The summed E-state index contributed by atoms with van der Waals surface area (Å²) >= 11 is 0. The first-order valence-corrected chi connectivity index (χ1v) is 14.7. The minimum Gasteiger partial charge on any atom is -0.481 e. The Balaban J connectivity index is 1.33. The summed E-state index contributed by atoms with van der Waals surface area (Å²) in [5.74, 6) is -2.29. The fourth-order valence-corrected chi connectivity index (χ4v) is 6.68. The van der Waals surface area contributed by atoms with Crippen molar-refractivity contribution in [1.82, 2.24) is 14.7 Å². The van der Waals surface area contributed by atoms with E-state index in [1.54, 1.807) is 11.9 Å². The molecule has 10 nitrogen and oxygen atoms in total. The Hall–Kier alpha value is -3.92. The van der Waals surface area contributed by atoms with Crippen LogP contribution in [0.3, 0.4) is 0 Å². The van der Waals surface area contributed by atoms with Crippen LogP contribution in [-0.2, 0) is 23.9 Å². The summed E-state index contributed by atoms with van der Waals surface area (Å²) < 4.78 is 11.2. The van der Waals surface area contributed by atoms with Crippen LogP contribution in [0, 0.1) is 5.92 Å². The minimum atomic E-state index is -1.19. The third-order valence-corrected chi connectivity index (χ3v) is 8.93. The SMILES string of the molecule is CN(C(=O)C(C1CCCC1)N(C)C(=O)OCC1c2ccccc2-c2ccccc21)C(CC(=O)O)C(=O)N1CCOCC1. The maximum absolute atomic E-state index is 14.1. The molecule has 3 amide bonds. The molecule has 0 bridgehead atoms.